The van der Waals surface area contributed by atoms with Crippen molar-refractivity contribution in [3.05, 3.63) is 18.2 Å². The summed E-state index contributed by atoms with van der Waals surface area (Å²) >= 11 is 0. The van der Waals surface area contributed by atoms with Crippen LogP contribution in [0.5, 0.6) is 11.5 Å². The molecule has 1 saturated heterocycles. The highest BCUT2D eigenvalue weighted by Gasteiger charge is 2.31. The number of rotatable bonds is 5. The van der Waals surface area contributed by atoms with Crippen molar-refractivity contribution in [1.29, 1.82) is 0 Å². The van der Waals surface area contributed by atoms with Crippen molar-refractivity contribution in [1.82, 2.24) is 9.21 Å². The van der Waals surface area contributed by atoms with Gasteiger partial charge < -0.3 is 14.4 Å². The fraction of sp³-hybridized carbons (Fsp3) is 0.667. The first-order chi connectivity index (χ1) is 12.1. The second-order valence-corrected chi connectivity index (χ2v) is 8.45. The van der Waals surface area contributed by atoms with Gasteiger partial charge >= 0.3 is 0 Å². The Bertz CT molecular complexity index is 680. The van der Waals surface area contributed by atoms with Crippen molar-refractivity contribution in [2.24, 2.45) is 0 Å². The Labute approximate surface area is 150 Å². The third-order valence-electron chi connectivity index (χ3n) is 5.11. The summed E-state index contributed by atoms with van der Waals surface area (Å²) in [5.74, 6) is 1.15. The first-order valence-electron chi connectivity index (χ1n) is 9.20. The number of hydrogen-bond donors (Lipinski definition) is 0. The molecule has 0 aliphatic carbocycles. The van der Waals surface area contributed by atoms with Gasteiger partial charge in [0.2, 0.25) is 10.0 Å². The zero-order valence-electron chi connectivity index (χ0n) is 15.1. The highest BCUT2D eigenvalue weighted by Crippen LogP contribution is 2.33. The molecule has 0 bridgehead atoms. The van der Waals surface area contributed by atoms with Gasteiger partial charge in [-0.2, -0.15) is 4.31 Å². The van der Waals surface area contributed by atoms with Crippen LogP contribution in [0.25, 0.3) is 0 Å². The van der Waals surface area contributed by atoms with Crippen LogP contribution < -0.4 is 9.47 Å². The van der Waals surface area contributed by atoms with Gasteiger partial charge in [0.15, 0.2) is 11.5 Å². The molecule has 0 radical (unpaired) electrons. The Morgan fingerprint density at radius 3 is 2.36 bits per heavy atom. The van der Waals surface area contributed by atoms with E-state index in [-0.39, 0.29) is 4.90 Å². The Balaban J connectivity index is 1.73. The molecule has 1 aromatic rings. The summed E-state index contributed by atoms with van der Waals surface area (Å²) < 4.78 is 38.8. The van der Waals surface area contributed by atoms with Crippen LogP contribution in [-0.4, -0.2) is 63.1 Å². The minimum Gasteiger partial charge on any atom is -0.490 e. The smallest absolute Gasteiger partial charge is 0.243 e. The van der Waals surface area contributed by atoms with Gasteiger partial charge in [-0.05, 0) is 38.1 Å². The average molecular weight is 368 g/mol. The van der Waals surface area contributed by atoms with E-state index < -0.39 is 10.0 Å². The SMILES string of the molecule is CCN(CC)C1CCN(S(=O)(=O)c2ccc3c(c2)OCCCO3)CC1. The zero-order chi connectivity index (χ0) is 17.9. The quantitative estimate of drug-likeness (QED) is 0.798. The fourth-order valence-electron chi connectivity index (χ4n) is 3.64. The normalized spacial score (nSPS) is 19.8. The molecule has 0 saturated carbocycles. The van der Waals surface area contributed by atoms with Crippen molar-refractivity contribution < 1.29 is 17.9 Å². The molecular weight excluding hydrogens is 340 g/mol. The third kappa shape index (κ3) is 3.93. The zero-order valence-corrected chi connectivity index (χ0v) is 15.9. The minimum absolute atomic E-state index is 0.290. The van der Waals surface area contributed by atoms with Crippen LogP contribution in [0.4, 0.5) is 0 Å². The molecule has 0 aromatic heterocycles. The van der Waals surface area contributed by atoms with Crippen LogP contribution in [0.1, 0.15) is 33.1 Å². The van der Waals surface area contributed by atoms with Gasteiger partial charge in [-0.25, -0.2) is 8.42 Å². The summed E-state index contributed by atoms with van der Waals surface area (Å²) in [6, 6.07) is 5.41. The topological polar surface area (TPSA) is 59.1 Å². The van der Waals surface area contributed by atoms with Crippen molar-refractivity contribution >= 4 is 10.0 Å². The summed E-state index contributed by atoms with van der Waals surface area (Å²) in [4.78, 5) is 2.70. The monoisotopic (exact) mass is 368 g/mol. The van der Waals surface area contributed by atoms with Gasteiger partial charge in [0.1, 0.15) is 0 Å². The Morgan fingerprint density at radius 1 is 1.08 bits per heavy atom. The van der Waals surface area contributed by atoms with Crippen LogP contribution in [-0.2, 0) is 10.0 Å². The van der Waals surface area contributed by atoms with Gasteiger partial charge in [-0.15, -0.1) is 0 Å². The molecular formula is C18H28N2O4S. The highest BCUT2D eigenvalue weighted by atomic mass is 32.2. The molecule has 0 N–H and O–H groups in total. The Hall–Kier alpha value is -1.31. The van der Waals surface area contributed by atoms with E-state index in [0.717, 1.165) is 32.4 Å². The molecule has 6 nitrogen and oxygen atoms in total. The van der Waals surface area contributed by atoms with Crippen molar-refractivity contribution in [2.45, 2.75) is 44.0 Å². The lowest BCUT2D eigenvalue weighted by Gasteiger charge is -2.37. The maximum Gasteiger partial charge on any atom is 0.243 e. The molecule has 0 spiro atoms. The van der Waals surface area contributed by atoms with E-state index in [0.29, 0.717) is 43.8 Å². The van der Waals surface area contributed by atoms with Crippen molar-refractivity contribution in [3.8, 4) is 11.5 Å². The minimum atomic E-state index is -3.49. The molecule has 1 fully saturated rings. The summed E-state index contributed by atoms with van der Waals surface area (Å²) in [6.07, 6.45) is 2.56. The fourth-order valence-corrected chi connectivity index (χ4v) is 5.13. The number of benzene rings is 1. The average Bonchev–Trinajstić information content (AvgIpc) is 2.88. The van der Waals surface area contributed by atoms with Crippen LogP contribution in [0.15, 0.2) is 23.1 Å². The molecule has 2 heterocycles. The summed E-state index contributed by atoms with van der Waals surface area (Å²) in [5, 5.41) is 0. The van der Waals surface area contributed by atoms with Gasteiger partial charge in [0, 0.05) is 31.6 Å². The van der Waals surface area contributed by atoms with E-state index in [1.54, 1.807) is 22.5 Å². The van der Waals surface area contributed by atoms with Crippen LogP contribution in [0.2, 0.25) is 0 Å². The van der Waals surface area contributed by atoms with E-state index in [9.17, 15) is 8.42 Å². The number of sulfonamides is 1. The number of piperidine rings is 1. The second kappa shape index (κ2) is 7.93. The molecule has 1 aromatic carbocycles. The molecule has 3 rings (SSSR count). The maximum atomic E-state index is 13.0. The predicted octanol–water partition coefficient (Wildman–Crippen LogP) is 2.34. The molecule has 140 valence electrons. The second-order valence-electron chi connectivity index (χ2n) is 6.52. The molecule has 25 heavy (non-hydrogen) atoms. The molecule has 0 amide bonds. The largest absolute Gasteiger partial charge is 0.490 e. The number of hydrogen-bond acceptors (Lipinski definition) is 5. The van der Waals surface area contributed by atoms with Crippen LogP contribution in [0, 0.1) is 0 Å². The molecule has 0 atom stereocenters. The lowest BCUT2D eigenvalue weighted by Crippen LogP contribution is -2.46. The maximum absolute atomic E-state index is 13.0. The summed E-state index contributed by atoms with van der Waals surface area (Å²) in [7, 11) is -3.49. The molecule has 2 aliphatic heterocycles. The van der Waals surface area contributed by atoms with E-state index in [1.165, 1.54) is 0 Å². The molecule has 7 heteroatoms. The van der Waals surface area contributed by atoms with E-state index in [4.69, 9.17) is 9.47 Å². The van der Waals surface area contributed by atoms with Gasteiger partial charge in [-0.1, -0.05) is 13.8 Å². The lowest BCUT2D eigenvalue weighted by atomic mass is 10.1. The number of nitrogens with zero attached hydrogens (tertiary/aromatic N) is 2. The Morgan fingerprint density at radius 2 is 1.72 bits per heavy atom. The van der Waals surface area contributed by atoms with Crippen molar-refractivity contribution in [3.63, 3.8) is 0 Å². The third-order valence-corrected chi connectivity index (χ3v) is 7.00. The Kier molecular flexibility index (Phi) is 5.86. The predicted molar refractivity (Wildman–Crippen MR) is 96.8 cm³/mol. The van der Waals surface area contributed by atoms with Crippen LogP contribution in [0.3, 0.4) is 0 Å². The van der Waals surface area contributed by atoms with E-state index in [2.05, 4.69) is 18.7 Å². The molecule has 2 aliphatic rings. The highest BCUT2D eigenvalue weighted by molar-refractivity contribution is 7.89. The van der Waals surface area contributed by atoms with E-state index in [1.807, 2.05) is 0 Å². The number of fused-ring (bicyclic) bond motifs is 1. The van der Waals surface area contributed by atoms with Crippen LogP contribution >= 0.6 is 0 Å². The molecule has 0 unspecified atom stereocenters. The van der Waals surface area contributed by atoms with Gasteiger partial charge in [0.25, 0.3) is 0 Å². The summed E-state index contributed by atoms with van der Waals surface area (Å²) in [5.41, 5.74) is 0. The summed E-state index contributed by atoms with van der Waals surface area (Å²) in [6.45, 7) is 8.61. The van der Waals surface area contributed by atoms with Gasteiger partial charge in [-0.3, -0.25) is 0 Å². The lowest BCUT2D eigenvalue weighted by molar-refractivity contribution is 0.152. The van der Waals surface area contributed by atoms with Gasteiger partial charge in [0.05, 0.1) is 18.1 Å². The first kappa shape index (κ1) is 18.5. The standard InChI is InChI=1S/C18H28N2O4S/c1-3-19(4-2)15-8-10-20(11-9-15)25(21,22)16-6-7-17-18(14-16)24-13-5-12-23-17/h6-7,14-15H,3-5,8-13H2,1-2H3. The van der Waals surface area contributed by atoms with Crippen molar-refractivity contribution in [2.75, 3.05) is 39.4 Å². The number of ether oxygens (including phenoxy) is 2. The first-order valence-corrected chi connectivity index (χ1v) is 10.6. The van der Waals surface area contributed by atoms with E-state index >= 15 is 0 Å².